The van der Waals surface area contributed by atoms with E-state index in [0.29, 0.717) is 6.61 Å². The molecule has 0 aliphatic carbocycles. The van der Waals surface area contributed by atoms with E-state index in [-0.39, 0.29) is 5.97 Å². The standard InChI is InChI=1S/C11H14O2.C9H12/c1-8-4-9(2)6-11(5-8)7-13-10(3)12;1-7-4-8(2)6-9(3)5-7/h4-6H,7H2,1-3H3;4-6H,1-3H3. The van der Waals surface area contributed by atoms with E-state index in [4.69, 9.17) is 4.74 Å². The van der Waals surface area contributed by atoms with Crippen molar-refractivity contribution in [2.45, 2.75) is 48.1 Å². The van der Waals surface area contributed by atoms with Crippen molar-refractivity contribution in [2.75, 3.05) is 0 Å². The van der Waals surface area contributed by atoms with Crippen LogP contribution in [-0.2, 0) is 16.1 Å². The fraction of sp³-hybridized carbons (Fsp3) is 0.350. The first-order valence-electron chi connectivity index (χ1n) is 7.51. The van der Waals surface area contributed by atoms with Gasteiger partial charge in [-0.2, -0.15) is 0 Å². The first kappa shape index (κ1) is 18.0. The lowest BCUT2D eigenvalue weighted by molar-refractivity contribution is -0.142. The van der Waals surface area contributed by atoms with E-state index in [0.717, 1.165) is 5.56 Å². The summed E-state index contributed by atoms with van der Waals surface area (Å²) in [6.45, 7) is 12.2. The maximum Gasteiger partial charge on any atom is 0.302 e. The highest BCUT2D eigenvalue weighted by Gasteiger charge is 1.98. The number of esters is 1. The topological polar surface area (TPSA) is 26.3 Å². The summed E-state index contributed by atoms with van der Waals surface area (Å²) in [5, 5.41) is 0. The van der Waals surface area contributed by atoms with E-state index in [9.17, 15) is 4.79 Å². The molecule has 2 rings (SSSR count). The van der Waals surface area contributed by atoms with E-state index < -0.39 is 0 Å². The molecule has 0 N–H and O–H groups in total. The van der Waals surface area contributed by atoms with Crippen LogP contribution in [0.15, 0.2) is 36.4 Å². The zero-order valence-corrected chi connectivity index (χ0v) is 14.5. The van der Waals surface area contributed by atoms with Gasteiger partial charge in [-0.1, -0.05) is 64.2 Å². The third-order valence-corrected chi connectivity index (χ3v) is 3.09. The Morgan fingerprint density at radius 1 is 0.727 bits per heavy atom. The molecule has 118 valence electrons. The Labute approximate surface area is 134 Å². The third-order valence-electron chi connectivity index (χ3n) is 3.09. The highest BCUT2D eigenvalue weighted by Crippen LogP contribution is 2.09. The van der Waals surface area contributed by atoms with Crippen molar-refractivity contribution in [2.24, 2.45) is 0 Å². The molecule has 2 nitrogen and oxygen atoms in total. The Morgan fingerprint density at radius 3 is 1.36 bits per heavy atom. The summed E-state index contributed by atoms with van der Waals surface area (Å²) in [6, 6.07) is 12.7. The van der Waals surface area contributed by atoms with Crippen molar-refractivity contribution in [3.8, 4) is 0 Å². The number of hydrogen-bond acceptors (Lipinski definition) is 2. The molecule has 0 aromatic heterocycles. The van der Waals surface area contributed by atoms with Gasteiger partial charge in [0.05, 0.1) is 0 Å². The molecule has 2 heteroatoms. The molecule has 0 spiro atoms. The molecule has 0 aliphatic heterocycles. The van der Waals surface area contributed by atoms with Crippen molar-refractivity contribution in [3.05, 3.63) is 69.8 Å². The quantitative estimate of drug-likeness (QED) is 0.731. The van der Waals surface area contributed by atoms with Crippen LogP contribution in [0.4, 0.5) is 0 Å². The molecule has 0 amide bonds. The number of carbonyl (C=O) groups excluding carboxylic acids is 1. The molecule has 0 heterocycles. The van der Waals surface area contributed by atoms with Crippen LogP contribution < -0.4 is 0 Å². The second-order valence-corrected chi connectivity index (χ2v) is 5.94. The average molecular weight is 298 g/mol. The van der Waals surface area contributed by atoms with Gasteiger partial charge in [0.2, 0.25) is 0 Å². The minimum atomic E-state index is -0.237. The molecule has 0 unspecified atom stereocenters. The molecule has 0 radical (unpaired) electrons. The summed E-state index contributed by atoms with van der Waals surface area (Å²) in [5.41, 5.74) is 7.50. The van der Waals surface area contributed by atoms with Gasteiger partial charge in [0.25, 0.3) is 0 Å². The molecule has 2 aromatic rings. The Kier molecular flexibility index (Phi) is 6.84. The van der Waals surface area contributed by atoms with Crippen molar-refractivity contribution in [1.29, 1.82) is 0 Å². The Balaban J connectivity index is 0.000000235. The molecule has 2 aromatic carbocycles. The van der Waals surface area contributed by atoms with Gasteiger partial charge in [-0.3, -0.25) is 4.79 Å². The predicted octanol–water partition coefficient (Wildman–Crippen LogP) is 4.98. The minimum absolute atomic E-state index is 0.237. The van der Waals surface area contributed by atoms with E-state index >= 15 is 0 Å². The van der Waals surface area contributed by atoms with Crippen molar-refractivity contribution >= 4 is 5.97 Å². The molecular formula is C20H26O2. The van der Waals surface area contributed by atoms with Gasteiger partial charge in [0.1, 0.15) is 6.61 Å². The van der Waals surface area contributed by atoms with E-state index in [1.54, 1.807) is 0 Å². The molecule has 0 bridgehead atoms. The highest BCUT2D eigenvalue weighted by molar-refractivity contribution is 5.65. The second-order valence-electron chi connectivity index (χ2n) is 5.94. The molecule has 0 saturated heterocycles. The molecule has 0 saturated carbocycles. The Bertz CT molecular complexity index is 571. The lowest BCUT2D eigenvalue weighted by atomic mass is 10.1. The fourth-order valence-corrected chi connectivity index (χ4v) is 2.54. The van der Waals surface area contributed by atoms with Gasteiger partial charge in [0.15, 0.2) is 0 Å². The van der Waals surface area contributed by atoms with E-state index in [1.165, 1.54) is 34.7 Å². The second kappa shape index (κ2) is 8.38. The first-order valence-corrected chi connectivity index (χ1v) is 7.51. The summed E-state index contributed by atoms with van der Waals surface area (Å²) in [7, 11) is 0. The van der Waals surface area contributed by atoms with E-state index in [2.05, 4.69) is 45.0 Å². The van der Waals surface area contributed by atoms with Gasteiger partial charge in [-0.15, -0.1) is 0 Å². The number of aryl methyl sites for hydroxylation is 5. The molecule has 22 heavy (non-hydrogen) atoms. The van der Waals surface area contributed by atoms with Crippen LogP contribution in [0.5, 0.6) is 0 Å². The van der Waals surface area contributed by atoms with Crippen molar-refractivity contribution in [3.63, 3.8) is 0 Å². The summed E-state index contributed by atoms with van der Waals surface area (Å²) in [6.07, 6.45) is 0. The summed E-state index contributed by atoms with van der Waals surface area (Å²) in [4.78, 5) is 10.6. The average Bonchev–Trinajstić information content (AvgIpc) is 2.34. The third kappa shape index (κ3) is 7.07. The Morgan fingerprint density at radius 2 is 1.05 bits per heavy atom. The van der Waals surface area contributed by atoms with Crippen LogP contribution in [0.25, 0.3) is 0 Å². The summed E-state index contributed by atoms with van der Waals surface area (Å²) in [5.74, 6) is -0.237. The van der Waals surface area contributed by atoms with Crippen LogP contribution in [0.2, 0.25) is 0 Å². The summed E-state index contributed by atoms with van der Waals surface area (Å²) >= 11 is 0. The molecular weight excluding hydrogens is 272 g/mol. The normalized spacial score (nSPS) is 9.73. The lowest BCUT2D eigenvalue weighted by Gasteiger charge is -2.04. The van der Waals surface area contributed by atoms with Gasteiger partial charge in [-0.25, -0.2) is 0 Å². The molecule has 0 atom stereocenters. The number of rotatable bonds is 2. The maximum atomic E-state index is 10.6. The first-order chi connectivity index (χ1) is 10.3. The molecule has 0 aliphatic rings. The smallest absolute Gasteiger partial charge is 0.302 e. The minimum Gasteiger partial charge on any atom is -0.461 e. The van der Waals surface area contributed by atoms with Gasteiger partial charge in [-0.05, 0) is 40.2 Å². The largest absolute Gasteiger partial charge is 0.461 e. The lowest BCUT2D eigenvalue weighted by Crippen LogP contribution is -1.99. The van der Waals surface area contributed by atoms with Crippen LogP contribution in [-0.4, -0.2) is 5.97 Å². The Hall–Kier alpha value is -2.09. The monoisotopic (exact) mass is 298 g/mol. The highest BCUT2D eigenvalue weighted by atomic mass is 16.5. The van der Waals surface area contributed by atoms with Crippen molar-refractivity contribution < 1.29 is 9.53 Å². The fourth-order valence-electron chi connectivity index (χ4n) is 2.54. The number of carbonyl (C=O) groups is 1. The van der Waals surface area contributed by atoms with Gasteiger partial charge >= 0.3 is 5.97 Å². The summed E-state index contributed by atoms with van der Waals surface area (Å²) < 4.78 is 4.90. The SMILES string of the molecule is CC(=O)OCc1cc(C)cc(C)c1.Cc1cc(C)cc(C)c1. The van der Waals surface area contributed by atoms with Gasteiger partial charge in [0, 0.05) is 6.92 Å². The van der Waals surface area contributed by atoms with Crippen LogP contribution in [0.1, 0.15) is 40.3 Å². The number of ether oxygens (including phenoxy) is 1. The van der Waals surface area contributed by atoms with Crippen molar-refractivity contribution in [1.82, 2.24) is 0 Å². The van der Waals surface area contributed by atoms with Crippen LogP contribution >= 0.6 is 0 Å². The van der Waals surface area contributed by atoms with E-state index in [1.807, 2.05) is 26.0 Å². The zero-order valence-electron chi connectivity index (χ0n) is 14.5. The number of benzene rings is 2. The maximum absolute atomic E-state index is 10.6. The predicted molar refractivity (Wildman–Crippen MR) is 92.0 cm³/mol. The molecule has 0 fully saturated rings. The zero-order chi connectivity index (χ0) is 16.7. The number of hydrogen-bond donors (Lipinski definition) is 0. The van der Waals surface area contributed by atoms with Crippen LogP contribution in [0.3, 0.4) is 0 Å². The van der Waals surface area contributed by atoms with Crippen LogP contribution in [0, 0.1) is 34.6 Å². The van der Waals surface area contributed by atoms with Gasteiger partial charge < -0.3 is 4.74 Å².